The number of aromatic nitrogens is 2. The molecule has 1 aromatic carbocycles. The van der Waals surface area contributed by atoms with Gasteiger partial charge in [0.25, 0.3) is 11.5 Å². The van der Waals surface area contributed by atoms with Crippen molar-refractivity contribution in [2.45, 2.75) is 38.0 Å². The van der Waals surface area contributed by atoms with Crippen molar-refractivity contribution < 1.29 is 19.8 Å². The number of halogens is 1. The number of carbonyl (C=O) groups is 2. The van der Waals surface area contributed by atoms with E-state index in [0.29, 0.717) is 11.5 Å². The molecule has 28 heavy (non-hydrogen) atoms. The number of rotatable bonds is 5. The Kier molecular flexibility index (Phi) is 6.32. The third-order valence-corrected chi connectivity index (χ3v) is 5.49. The lowest BCUT2D eigenvalue weighted by molar-refractivity contribution is -0.135. The zero-order valence-corrected chi connectivity index (χ0v) is 17.2. The molecule has 3 N–H and O–H groups in total. The highest BCUT2D eigenvalue weighted by atomic mass is 127. The molecule has 1 amide bonds. The van der Waals surface area contributed by atoms with Crippen LogP contribution in [0.1, 0.15) is 54.2 Å². The third-order valence-electron chi connectivity index (χ3n) is 4.77. The van der Waals surface area contributed by atoms with Crippen LogP contribution in [-0.4, -0.2) is 38.2 Å². The van der Waals surface area contributed by atoms with Crippen LogP contribution in [0.5, 0.6) is 5.88 Å². The minimum Gasteiger partial charge on any atom is -0.493 e. The fraction of sp³-hybridized carbons (Fsp3) is 0.368. The normalized spacial score (nSPS) is 14.6. The maximum absolute atomic E-state index is 13.2. The second-order valence-electron chi connectivity index (χ2n) is 6.70. The smallest absolute Gasteiger partial charge is 0.322 e. The summed E-state index contributed by atoms with van der Waals surface area (Å²) in [6.07, 6.45) is 4.83. The summed E-state index contributed by atoms with van der Waals surface area (Å²) in [4.78, 5) is 40.4. The summed E-state index contributed by atoms with van der Waals surface area (Å²) in [6.45, 7) is -0.661. The number of carboxylic acids is 1. The van der Waals surface area contributed by atoms with Gasteiger partial charge in [0, 0.05) is 9.49 Å². The highest BCUT2D eigenvalue weighted by Crippen LogP contribution is 2.33. The van der Waals surface area contributed by atoms with E-state index in [-0.39, 0.29) is 5.92 Å². The van der Waals surface area contributed by atoms with Crippen LogP contribution in [-0.2, 0) is 4.79 Å². The number of benzene rings is 1. The average molecular weight is 497 g/mol. The Balaban J connectivity index is 2.15. The number of hydrogen-bond acceptors (Lipinski definition) is 5. The van der Waals surface area contributed by atoms with Gasteiger partial charge in [-0.2, -0.15) is 4.98 Å². The molecule has 3 rings (SSSR count). The van der Waals surface area contributed by atoms with Gasteiger partial charge in [-0.1, -0.05) is 19.3 Å². The summed E-state index contributed by atoms with van der Waals surface area (Å²) >= 11 is 2.15. The summed E-state index contributed by atoms with van der Waals surface area (Å²) in [7, 11) is 0. The number of aromatic hydroxyl groups is 1. The third kappa shape index (κ3) is 4.34. The molecular formula is C19H20IN3O5. The Labute approximate surface area is 174 Å². The first-order valence-corrected chi connectivity index (χ1v) is 10.1. The molecule has 1 aromatic heterocycles. The van der Waals surface area contributed by atoms with Gasteiger partial charge >= 0.3 is 5.97 Å². The minimum absolute atomic E-state index is 0.00255. The van der Waals surface area contributed by atoms with Crippen molar-refractivity contribution in [2.24, 2.45) is 0 Å². The molecule has 0 saturated heterocycles. The second-order valence-corrected chi connectivity index (χ2v) is 7.94. The van der Waals surface area contributed by atoms with E-state index in [1.165, 1.54) is 4.57 Å². The van der Waals surface area contributed by atoms with Crippen molar-refractivity contribution in [3.8, 4) is 11.6 Å². The van der Waals surface area contributed by atoms with Gasteiger partial charge in [0.05, 0.1) is 5.69 Å². The molecule has 9 heteroatoms. The van der Waals surface area contributed by atoms with E-state index < -0.39 is 35.4 Å². The Bertz CT molecular complexity index is 949. The molecule has 0 aliphatic heterocycles. The topological polar surface area (TPSA) is 122 Å². The minimum atomic E-state index is -1.25. The van der Waals surface area contributed by atoms with Crippen molar-refractivity contribution in [2.75, 3.05) is 6.54 Å². The van der Waals surface area contributed by atoms with Crippen LogP contribution in [0.3, 0.4) is 0 Å². The lowest BCUT2D eigenvalue weighted by Crippen LogP contribution is -2.37. The monoisotopic (exact) mass is 497 g/mol. The van der Waals surface area contributed by atoms with Crippen molar-refractivity contribution in [1.29, 1.82) is 0 Å². The predicted octanol–water partition coefficient (Wildman–Crippen LogP) is 2.40. The Morgan fingerprint density at radius 1 is 1.18 bits per heavy atom. The van der Waals surface area contributed by atoms with E-state index >= 15 is 0 Å². The van der Waals surface area contributed by atoms with Gasteiger partial charge in [-0.15, -0.1) is 0 Å². The fourth-order valence-corrected chi connectivity index (χ4v) is 3.80. The van der Waals surface area contributed by atoms with Gasteiger partial charge in [-0.25, -0.2) is 0 Å². The van der Waals surface area contributed by atoms with E-state index in [0.717, 1.165) is 35.7 Å². The molecule has 1 fully saturated rings. The van der Waals surface area contributed by atoms with Gasteiger partial charge in [0.2, 0.25) is 5.88 Å². The number of nitrogens with one attached hydrogen (secondary N) is 1. The summed E-state index contributed by atoms with van der Waals surface area (Å²) < 4.78 is 2.35. The molecule has 0 unspecified atom stereocenters. The van der Waals surface area contributed by atoms with E-state index in [1.54, 1.807) is 12.1 Å². The SMILES string of the molecule is O=C(O)CNC(=O)c1c(O)nc(C2CCCCC2)n(-c2ccc(I)cc2)c1=O. The molecule has 0 spiro atoms. The van der Waals surface area contributed by atoms with Crippen LogP contribution in [0, 0.1) is 3.57 Å². The van der Waals surface area contributed by atoms with E-state index in [4.69, 9.17) is 5.11 Å². The van der Waals surface area contributed by atoms with Crippen LogP contribution in [0.25, 0.3) is 5.69 Å². The van der Waals surface area contributed by atoms with Crippen molar-refractivity contribution in [1.82, 2.24) is 14.9 Å². The molecule has 1 saturated carbocycles. The number of carbonyl (C=O) groups excluding carboxylic acids is 1. The van der Waals surface area contributed by atoms with E-state index in [2.05, 4.69) is 32.9 Å². The van der Waals surface area contributed by atoms with E-state index in [1.807, 2.05) is 12.1 Å². The first kappa shape index (κ1) is 20.3. The van der Waals surface area contributed by atoms with Crippen LogP contribution < -0.4 is 10.9 Å². The lowest BCUT2D eigenvalue weighted by Gasteiger charge is -2.24. The lowest BCUT2D eigenvalue weighted by atomic mass is 9.88. The van der Waals surface area contributed by atoms with E-state index in [9.17, 15) is 19.5 Å². The number of amides is 1. The molecular weight excluding hydrogens is 477 g/mol. The van der Waals surface area contributed by atoms with Gasteiger partial charge in [0.1, 0.15) is 12.4 Å². The fourth-order valence-electron chi connectivity index (χ4n) is 3.44. The number of hydrogen-bond donors (Lipinski definition) is 3. The Morgan fingerprint density at radius 3 is 2.43 bits per heavy atom. The first-order chi connectivity index (χ1) is 13.4. The van der Waals surface area contributed by atoms with Crippen molar-refractivity contribution >= 4 is 34.5 Å². The van der Waals surface area contributed by atoms with Crippen molar-refractivity contribution in [3.63, 3.8) is 0 Å². The molecule has 0 atom stereocenters. The molecule has 8 nitrogen and oxygen atoms in total. The molecule has 0 bridgehead atoms. The standard InChI is InChI=1S/C19H20IN3O5/c20-12-6-8-13(9-7-12)23-16(11-4-2-1-3-5-11)22-18(27)15(19(23)28)17(26)21-10-14(24)25/h6-9,11,27H,1-5,10H2,(H,21,26)(H,24,25). The Hall–Kier alpha value is -2.43. The van der Waals surface area contributed by atoms with Gasteiger partial charge < -0.3 is 15.5 Å². The molecule has 1 aliphatic rings. The quantitative estimate of drug-likeness (QED) is 0.546. The highest BCUT2D eigenvalue weighted by Gasteiger charge is 2.28. The van der Waals surface area contributed by atoms with Crippen LogP contribution in [0.4, 0.5) is 0 Å². The summed E-state index contributed by atoms with van der Waals surface area (Å²) in [5.41, 5.74) is -0.720. The summed E-state index contributed by atoms with van der Waals surface area (Å²) in [5, 5.41) is 21.2. The molecule has 1 heterocycles. The Morgan fingerprint density at radius 2 is 1.82 bits per heavy atom. The predicted molar refractivity (Wildman–Crippen MR) is 110 cm³/mol. The second kappa shape index (κ2) is 8.72. The highest BCUT2D eigenvalue weighted by molar-refractivity contribution is 14.1. The number of carboxylic acid groups (broad SMARTS) is 1. The van der Waals surface area contributed by atoms with Gasteiger partial charge in [-0.3, -0.25) is 19.0 Å². The molecule has 148 valence electrons. The summed E-state index contributed by atoms with van der Waals surface area (Å²) in [5.74, 6) is -2.46. The zero-order valence-electron chi connectivity index (χ0n) is 15.0. The van der Waals surface area contributed by atoms with Crippen LogP contribution in [0.2, 0.25) is 0 Å². The van der Waals surface area contributed by atoms with Crippen LogP contribution in [0.15, 0.2) is 29.1 Å². The van der Waals surface area contributed by atoms with Gasteiger partial charge in [0.15, 0.2) is 5.56 Å². The summed E-state index contributed by atoms with van der Waals surface area (Å²) in [6, 6.07) is 7.19. The maximum atomic E-state index is 13.2. The molecule has 2 aromatic rings. The molecule has 0 radical (unpaired) electrons. The number of aliphatic carboxylic acids is 1. The average Bonchev–Trinajstić information content (AvgIpc) is 2.67. The van der Waals surface area contributed by atoms with Crippen molar-refractivity contribution in [3.05, 3.63) is 49.6 Å². The zero-order chi connectivity index (χ0) is 20.3. The maximum Gasteiger partial charge on any atom is 0.322 e. The molecule has 1 aliphatic carbocycles. The number of nitrogens with zero attached hydrogens (tertiary/aromatic N) is 2. The first-order valence-electron chi connectivity index (χ1n) is 9.00. The van der Waals surface area contributed by atoms with Gasteiger partial charge in [-0.05, 0) is 59.7 Å². The largest absolute Gasteiger partial charge is 0.493 e. The van der Waals surface area contributed by atoms with Crippen LogP contribution >= 0.6 is 22.6 Å².